The van der Waals surface area contributed by atoms with Gasteiger partial charge in [-0.3, -0.25) is 5.43 Å². The fourth-order valence-corrected chi connectivity index (χ4v) is 1.27. The van der Waals surface area contributed by atoms with Gasteiger partial charge in [-0.2, -0.15) is 5.10 Å². The number of hydrogen-bond donors (Lipinski definition) is 2. The van der Waals surface area contributed by atoms with Gasteiger partial charge in [0.1, 0.15) is 5.75 Å². The van der Waals surface area contributed by atoms with Crippen LogP contribution in [-0.4, -0.2) is 19.5 Å². The molecule has 0 aliphatic rings. The summed E-state index contributed by atoms with van der Waals surface area (Å²) >= 11 is 0. The van der Waals surface area contributed by atoms with Crippen molar-refractivity contribution < 1.29 is 4.74 Å². The van der Waals surface area contributed by atoms with Gasteiger partial charge in [-0.15, -0.1) is 0 Å². The maximum absolute atomic E-state index is 6.79. The van der Waals surface area contributed by atoms with Crippen LogP contribution in [0.2, 0.25) is 0 Å². The molecule has 0 spiro atoms. The van der Waals surface area contributed by atoms with Crippen molar-refractivity contribution >= 4 is 18.1 Å². The molecule has 0 radical (unpaired) electrons. The number of nitrogens with zero attached hydrogens (tertiary/aromatic N) is 1. The van der Waals surface area contributed by atoms with Crippen LogP contribution >= 0.6 is 0 Å². The predicted molar refractivity (Wildman–Crippen MR) is 63.4 cm³/mol. The Hall–Kier alpha value is -1.84. The van der Waals surface area contributed by atoms with Gasteiger partial charge in [0.25, 0.3) is 0 Å². The second-order valence-corrected chi connectivity index (χ2v) is 3.19. The molecule has 0 unspecified atom stereocenters. The van der Waals surface area contributed by atoms with E-state index in [-0.39, 0.29) is 0 Å². The molecule has 0 saturated carbocycles. The highest BCUT2D eigenvalue weighted by Crippen LogP contribution is 2.25. The SMILES string of the molecule is COc1cc(C)c(N/N=C\C=N)cc1C. The van der Waals surface area contributed by atoms with Crippen molar-refractivity contribution in [3.05, 3.63) is 23.3 Å². The first-order chi connectivity index (χ1) is 7.19. The number of hydrogen-bond acceptors (Lipinski definition) is 4. The summed E-state index contributed by atoms with van der Waals surface area (Å²) in [4.78, 5) is 0. The van der Waals surface area contributed by atoms with Crippen LogP contribution in [0.15, 0.2) is 17.2 Å². The quantitative estimate of drug-likeness (QED) is 0.585. The molecule has 1 rings (SSSR count). The Morgan fingerprint density at radius 1 is 1.33 bits per heavy atom. The molecule has 1 aromatic rings. The summed E-state index contributed by atoms with van der Waals surface area (Å²) in [6, 6.07) is 3.92. The number of anilines is 1. The molecular formula is C11H15N3O. The van der Waals surface area contributed by atoms with Crippen molar-refractivity contribution in [1.29, 1.82) is 5.41 Å². The average Bonchev–Trinajstić information content (AvgIpc) is 2.23. The second kappa shape index (κ2) is 5.14. The Morgan fingerprint density at radius 2 is 2.07 bits per heavy atom. The van der Waals surface area contributed by atoms with Crippen LogP contribution in [0.25, 0.3) is 0 Å². The molecule has 4 nitrogen and oxygen atoms in total. The van der Waals surface area contributed by atoms with Crippen molar-refractivity contribution in [2.24, 2.45) is 5.10 Å². The van der Waals surface area contributed by atoms with Gasteiger partial charge in [0.15, 0.2) is 0 Å². The number of hydrazone groups is 1. The third-order valence-corrected chi connectivity index (χ3v) is 2.08. The van der Waals surface area contributed by atoms with Gasteiger partial charge in [0, 0.05) is 6.21 Å². The van der Waals surface area contributed by atoms with E-state index in [1.54, 1.807) is 7.11 Å². The average molecular weight is 205 g/mol. The van der Waals surface area contributed by atoms with E-state index in [2.05, 4.69) is 10.5 Å². The fourth-order valence-electron chi connectivity index (χ4n) is 1.27. The number of rotatable bonds is 4. The van der Waals surface area contributed by atoms with Gasteiger partial charge in [0.05, 0.1) is 19.0 Å². The molecule has 15 heavy (non-hydrogen) atoms. The summed E-state index contributed by atoms with van der Waals surface area (Å²) in [5, 5.41) is 10.7. The lowest BCUT2D eigenvalue weighted by atomic mass is 10.1. The van der Waals surface area contributed by atoms with Crippen LogP contribution < -0.4 is 10.2 Å². The van der Waals surface area contributed by atoms with Crippen LogP contribution in [0, 0.1) is 19.3 Å². The minimum atomic E-state index is 0.870. The minimum absolute atomic E-state index is 0.870. The molecule has 0 aliphatic carbocycles. The molecule has 0 aliphatic heterocycles. The number of ether oxygens (including phenoxy) is 1. The van der Waals surface area contributed by atoms with E-state index in [0.717, 1.165) is 28.8 Å². The lowest BCUT2D eigenvalue weighted by Crippen LogP contribution is -1.95. The van der Waals surface area contributed by atoms with Crippen molar-refractivity contribution in [2.75, 3.05) is 12.5 Å². The largest absolute Gasteiger partial charge is 0.496 e. The van der Waals surface area contributed by atoms with E-state index in [1.807, 2.05) is 26.0 Å². The first-order valence-electron chi connectivity index (χ1n) is 4.62. The van der Waals surface area contributed by atoms with Gasteiger partial charge in [0.2, 0.25) is 0 Å². The summed E-state index contributed by atoms with van der Waals surface area (Å²) in [6.07, 6.45) is 2.51. The number of benzene rings is 1. The molecule has 0 saturated heterocycles. The summed E-state index contributed by atoms with van der Waals surface area (Å²) in [5.74, 6) is 0.870. The van der Waals surface area contributed by atoms with Gasteiger partial charge in [-0.1, -0.05) is 0 Å². The van der Waals surface area contributed by atoms with Gasteiger partial charge >= 0.3 is 0 Å². The van der Waals surface area contributed by atoms with E-state index in [9.17, 15) is 0 Å². The van der Waals surface area contributed by atoms with Crippen molar-refractivity contribution in [2.45, 2.75) is 13.8 Å². The number of methoxy groups -OCH3 is 1. The molecule has 4 heteroatoms. The van der Waals surface area contributed by atoms with E-state index in [1.165, 1.54) is 6.21 Å². The molecule has 1 aromatic carbocycles. The lowest BCUT2D eigenvalue weighted by molar-refractivity contribution is 0.411. The standard InChI is InChI=1S/C11H15N3O/c1-8-7-11(15-3)9(2)6-10(8)14-13-5-4-12/h4-7,12,14H,1-3H3/b12-4?,13-5-. The third-order valence-electron chi connectivity index (χ3n) is 2.08. The van der Waals surface area contributed by atoms with E-state index < -0.39 is 0 Å². The predicted octanol–water partition coefficient (Wildman–Crippen LogP) is 2.36. The number of nitrogens with one attached hydrogen (secondary N) is 2. The Labute approximate surface area is 89.5 Å². The molecule has 0 aromatic heterocycles. The first kappa shape index (κ1) is 11.2. The normalized spacial score (nSPS) is 10.3. The molecule has 0 atom stereocenters. The van der Waals surface area contributed by atoms with Crippen molar-refractivity contribution in [3.8, 4) is 5.75 Å². The molecular weight excluding hydrogens is 190 g/mol. The van der Waals surface area contributed by atoms with Crippen LogP contribution in [0.1, 0.15) is 11.1 Å². The molecule has 0 amide bonds. The Kier molecular flexibility index (Phi) is 3.85. The topological polar surface area (TPSA) is 57.5 Å². The Balaban J connectivity index is 2.94. The summed E-state index contributed by atoms with van der Waals surface area (Å²) in [5.41, 5.74) is 5.90. The zero-order valence-corrected chi connectivity index (χ0v) is 9.16. The zero-order chi connectivity index (χ0) is 11.3. The Morgan fingerprint density at radius 3 is 2.67 bits per heavy atom. The summed E-state index contributed by atoms with van der Waals surface area (Å²) in [6.45, 7) is 3.95. The molecule has 0 fully saturated rings. The van der Waals surface area contributed by atoms with E-state index in [4.69, 9.17) is 10.1 Å². The highest BCUT2D eigenvalue weighted by Gasteiger charge is 2.03. The monoisotopic (exact) mass is 205 g/mol. The highest BCUT2D eigenvalue weighted by atomic mass is 16.5. The van der Waals surface area contributed by atoms with Crippen molar-refractivity contribution in [1.82, 2.24) is 0 Å². The second-order valence-electron chi connectivity index (χ2n) is 3.19. The first-order valence-corrected chi connectivity index (χ1v) is 4.62. The molecule has 0 bridgehead atoms. The van der Waals surface area contributed by atoms with E-state index in [0.29, 0.717) is 0 Å². The van der Waals surface area contributed by atoms with E-state index >= 15 is 0 Å². The molecule has 2 N–H and O–H groups in total. The van der Waals surface area contributed by atoms with Crippen LogP contribution in [0.5, 0.6) is 5.75 Å². The lowest BCUT2D eigenvalue weighted by Gasteiger charge is -2.10. The van der Waals surface area contributed by atoms with Crippen molar-refractivity contribution in [3.63, 3.8) is 0 Å². The maximum atomic E-state index is 6.79. The number of aryl methyl sites for hydroxylation is 2. The Bertz CT molecular complexity index is 386. The molecule has 80 valence electrons. The zero-order valence-electron chi connectivity index (χ0n) is 9.16. The van der Waals surface area contributed by atoms with Crippen LogP contribution in [0.4, 0.5) is 5.69 Å². The highest BCUT2D eigenvalue weighted by molar-refractivity contribution is 6.14. The third kappa shape index (κ3) is 2.80. The minimum Gasteiger partial charge on any atom is -0.496 e. The maximum Gasteiger partial charge on any atom is 0.122 e. The fraction of sp³-hybridized carbons (Fsp3) is 0.273. The molecule has 0 heterocycles. The smallest absolute Gasteiger partial charge is 0.122 e. The van der Waals surface area contributed by atoms with Gasteiger partial charge < -0.3 is 10.1 Å². The van der Waals surface area contributed by atoms with Crippen LogP contribution in [-0.2, 0) is 0 Å². The summed E-state index contributed by atoms with van der Waals surface area (Å²) in [7, 11) is 1.65. The van der Waals surface area contributed by atoms with Gasteiger partial charge in [-0.25, -0.2) is 0 Å². The van der Waals surface area contributed by atoms with Gasteiger partial charge in [-0.05, 0) is 37.1 Å². The van der Waals surface area contributed by atoms with Crippen LogP contribution in [0.3, 0.4) is 0 Å². The summed E-state index contributed by atoms with van der Waals surface area (Å²) < 4.78 is 5.20.